The Balaban J connectivity index is 2.18. The van der Waals surface area contributed by atoms with Crippen molar-refractivity contribution in [2.24, 2.45) is 5.73 Å². The predicted molar refractivity (Wildman–Crippen MR) is 102 cm³/mol. The Hall–Kier alpha value is -2.52. The molecule has 2 N–H and O–H groups in total. The largest absolute Gasteiger partial charge is 0.449 e. The summed E-state index contributed by atoms with van der Waals surface area (Å²) >= 11 is 3.18. The third-order valence-corrected chi connectivity index (χ3v) is 6.12. The Morgan fingerprint density at radius 2 is 2.23 bits per heavy atom. The number of carbonyl (C=O) groups excluding carboxylic acids is 1. The highest BCUT2D eigenvalue weighted by molar-refractivity contribution is 8.00. The molecule has 0 saturated carbocycles. The number of hydrogen-bond acceptors (Lipinski definition) is 7. The lowest BCUT2D eigenvalue weighted by Gasteiger charge is -2.29. The summed E-state index contributed by atoms with van der Waals surface area (Å²) in [5, 5.41) is 11.1. The van der Waals surface area contributed by atoms with Crippen molar-refractivity contribution in [3.05, 3.63) is 62.3 Å². The lowest BCUT2D eigenvalue weighted by molar-refractivity contribution is -0.384. The highest BCUT2D eigenvalue weighted by atomic mass is 32.2. The quantitative estimate of drug-likeness (QED) is 0.480. The molecule has 136 valence electrons. The zero-order valence-electron chi connectivity index (χ0n) is 14.2. The molecule has 0 fully saturated rings. The van der Waals surface area contributed by atoms with E-state index in [1.54, 1.807) is 42.2 Å². The summed E-state index contributed by atoms with van der Waals surface area (Å²) in [5.74, 6) is 0.238. The second-order valence-corrected chi connectivity index (χ2v) is 7.70. The highest BCUT2D eigenvalue weighted by Gasteiger charge is 2.31. The van der Waals surface area contributed by atoms with Crippen LogP contribution in [-0.2, 0) is 11.3 Å². The molecule has 2 aromatic rings. The number of nitrogens with two attached hydrogens (primary N) is 1. The van der Waals surface area contributed by atoms with E-state index in [9.17, 15) is 14.9 Å². The van der Waals surface area contributed by atoms with E-state index >= 15 is 0 Å². The van der Waals surface area contributed by atoms with Crippen molar-refractivity contribution < 1.29 is 14.5 Å². The van der Waals surface area contributed by atoms with E-state index in [4.69, 9.17) is 10.5 Å². The molecule has 2 heterocycles. The molecule has 0 aliphatic carbocycles. The number of rotatable bonds is 4. The van der Waals surface area contributed by atoms with Gasteiger partial charge in [0.1, 0.15) is 5.82 Å². The molecule has 0 bridgehead atoms. The van der Waals surface area contributed by atoms with Crippen LogP contribution in [0.15, 0.2) is 40.4 Å². The van der Waals surface area contributed by atoms with Crippen LogP contribution in [0.3, 0.4) is 0 Å². The summed E-state index contributed by atoms with van der Waals surface area (Å²) in [4.78, 5) is 25.4. The molecule has 1 aliphatic rings. The number of carbonyl (C=O) groups is 1. The fourth-order valence-corrected chi connectivity index (χ4v) is 4.53. The molecule has 0 unspecified atom stereocenters. The first-order chi connectivity index (χ1) is 12.5. The van der Waals surface area contributed by atoms with E-state index in [0.717, 1.165) is 14.6 Å². The molecule has 0 spiro atoms. The number of thiophene rings is 1. The molecule has 1 aromatic carbocycles. The van der Waals surface area contributed by atoms with Gasteiger partial charge in [-0.25, -0.2) is 4.79 Å². The molecule has 1 aliphatic heterocycles. The molecule has 3 rings (SSSR count). The topological polar surface area (TPSA) is 98.7 Å². The van der Waals surface area contributed by atoms with Gasteiger partial charge in [-0.05, 0) is 24.8 Å². The number of nitrogens with zero attached hydrogens (tertiary/aromatic N) is 2. The Morgan fingerprint density at radius 1 is 1.46 bits per heavy atom. The monoisotopic (exact) mass is 391 g/mol. The van der Waals surface area contributed by atoms with Crippen molar-refractivity contribution in [3.63, 3.8) is 0 Å². The van der Waals surface area contributed by atoms with Crippen LogP contribution in [0.1, 0.15) is 22.9 Å². The number of benzene rings is 1. The number of nitro benzene ring substituents is 1. The van der Waals surface area contributed by atoms with Crippen molar-refractivity contribution in [2.45, 2.75) is 17.7 Å². The van der Waals surface area contributed by atoms with Gasteiger partial charge in [0, 0.05) is 28.1 Å². The van der Waals surface area contributed by atoms with Gasteiger partial charge in [-0.3, -0.25) is 15.0 Å². The summed E-state index contributed by atoms with van der Waals surface area (Å²) in [6.45, 7) is 2.29. The maximum absolute atomic E-state index is 12.3. The zero-order valence-corrected chi connectivity index (χ0v) is 15.9. The summed E-state index contributed by atoms with van der Waals surface area (Å²) in [5.41, 5.74) is 8.39. The van der Waals surface area contributed by atoms with Crippen molar-refractivity contribution in [1.29, 1.82) is 0 Å². The van der Waals surface area contributed by atoms with Gasteiger partial charge in [0.15, 0.2) is 0 Å². The third-order valence-electron chi connectivity index (χ3n) is 3.94. The van der Waals surface area contributed by atoms with Crippen LogP contribution >= 0.6 is 23.1 Å². The fourth-order valence-electron chi connectivity index (χ4n) is 2.78. The van der Waals surface area contributed by atoms with Gasteiger partial charge < -0.3 is 10.5 Å². The van der Waals surface area contributed by atoms with Crippen molar-refractivity contribution in [2.75, 3.05) is 12.9 Å². The highest BCUT2D eigenvalue weighted by Crippen LogP contribution is 2.42. The van der Waals surface area contributed by atoms with E-state index in [1.807, 2.05) is 12.3 Å². The average molecular weight is 391 g/mol. The number of nitro groups is 1. The SMILES string of the molecule is CCOC(=O)N1Cc2sc(SC)cc2C(c2cccc([N+](=O)[O-])c2)=C1N. The fraction of sp³-hybridized carbons (Fsp3) is 0.235. The van der Waals surface area contributed by atoms with Gasteiger partial charge >= 0.3 is 6.09 Å². The first-order valence-corrected chi connectivity index (χ1v) is 9.86. The standard InChI is InChI=1S/C17H17N3O4S2/c1-3-24-17(21)19-9-13-12(8-14(25-2)26-13)15(16(19)18)10-5-4-6-11(7-10)20(22)23/h4-8H,3,9,18H2,1-2H3. The molecule has 1 aromatic heterocycles. The second-order valence-electron chi connectivity index (χ2n) is 5.46. The number of ether oxygens (including phenoxy) is 1. The van der Waals surface area contributed by atoms with E-state index in [0.29, 0.717) is 17.7 Å². The number of non-ortho nitro benzene ring substituents is 1. The van der Waals surface area contributed by atoms with Gasteiger partial charge in [0.2, 0.25) is 0 Å². The van der Waals surface area contributed by atoms with Crippen LogP contribution in [0.5, 0.6) is 0 Å². The van der Waals surface area contributed by atoms with E-state index in [2.05, 4.69) is 0 Å². The Kier molecular flexibility index (Phi) is 5.19. The first kappa shape index (κ1) is 18.3. The van der Waals surface area contributed by atoms with Crippen LogP contribution in [0.2, 0.25) is 0 Å². The van der Waals surface area contributed by atoms with Crippen LogP contribution in [0.25, 0.3) is 5.57 Å². The first-order valence-electron chi connectivity index (χ1n) is 7.82. The lowest BCUT2D eigenvalue weighted by atomic mass is 9.95. The summed E-state index contributed by atoms with van der Waals surface area (Å²) in [6, 6.07) is 8.27. The molecular formula is C17H17N3O4S2. The number of fused-ring (bicyclic) bond motifs is 1. The Bertz CT molecular complexity index is 907. The lowest BCUT2D eigenvalue weighted by Crippen LogP contribution is -2.37. The molecule has 0 radical (unpaired) electrons. The van der Waals surface area contributed by atoms with E-state index in [1.165, 1.54) is 17.0 Å². The van der Waals surface area contributed by atoms with Gasteiger partial charge in [-0.15, -0.1) is 23.1 Å². The summed E-state index contributed by atoms with van der Waals surface area (Å²) < 4.78 is 6.19. The molecule has 1 amide bonds. The number of hydrogen-bond donors (Lipinski definition) is 1. The third kappa shape index (κ3) is 3.27. The van der Waals surface area contributed by atoms with Crippen LogP contribution in [0, 0.1) is 10.1 Å². The van der Waals surface area contributed by atoms with Crippen molar-refractivity contribution in [3.8, 4) is 0 Å². The average Bonchev–Trinajstić information content (AvgIpc) is 3.04. The van der Waals surface area contributed by atoms with Crippen molar-refractivity contribution >= 4 is 40.5 Å². The molecule has 0 saturated heterocycles. The van der Waals surface area contributed by atoms with Gasteiger partial charge in [0.25, 0.3) is 5.69 Å². The number of thioether (sulfide) groups is 1. The van der Waals surface area contributed by atoms with Gasteiger partial charge in [-0.1, -0.05) is 12.1 Å². The van der Waals surface area contributed by atoms with Crippen LogP contribution in [0.4, 0.5) is 10.5 Å². The minimum Gasteiger partial charge on any atom is -0.449 e. The summed E-state index contributed by atoms with van der Waals surface area (Å²) in [6.07, 6.45) is 1.44. The molecular weight excluding hydrogens is 374 g/mol. The molecule has 9 heteroatoms. The second kappa shape index (κ2) is 7.38. The smallest absolute Gasteiger partial charge is 0.415 e. The van der Waals surface area contributed by atoms with Crippen LogP contribution in [-0.4, -0.2) is 28.8 Å². The maximum Gasteiger partial charge on any atom is 0.415 e. The molecule has 7 nitrogen and oxygen atoms in total. The van der Waals surface area contributed by atoms with Crippen molar-refractivity contribution in [1.82, 2.24) is 4.90 Å². The Morgan fingerprint density at radius 3 is 2.88 bits per heavy atom. The molecule has 0 atom stereocenters. The number of amides is 1. The maximum atomic E-state index is 12.3. The van der Waals surface area contributed by atoms with Gasteiger partial charge in [0.05, 0.1) is 22.3 Å². The van der Waals surface area contributed by atoms with Gasteiger partial charge in [-0.2, -0.15) is 0 Å². The van der Waals surface area contributed by atoms with E-state index < -0.39 is 11.0 Å². The predicted octanol–water partition coefficient (Wildman–Crippen LogP) is 4.03. The Labute approximate surface area is 158 Å². The normalized spacial score (nSPS) is 13.5. The van der Waals surface area contributed by atoms with Crippen LogP contribution < -0.4 is 5.73 Å². The minimum absolute atomic E-state index is 0.0297. The summed E-state index contributed by atoms with van der Waals surface area (Å²) in [7, 11) is 0. The zero-order chi connectivity index (χ0) is 18.8. The van der Waals surface area contributed by atoms with E-state index in [-0.39, 0.29) is 18.1 Å². The minimum atomic E-state index is -0.530. The molecule has 26 heavy (non-hydrogen) atoms.